The van der Waals surface area contributed by atoms with E-state index in [1.807, 2.05) is 60.9 Å². The number of benzene rings is 5. The third-order valence-electron chi connectivity index (χ3n) is 20.1. The molecule has 0 unspecified atom stereocenters. The lowest BCUT2D eigenvalue weighted by Crippen LogP contribution is -2.23. The Labute approximate surface area is 478 Å². The monoisotopic (exact) mass is 1040 g/mol. The molecule has 0 aliphatic heterocycles. The summed E-state index contributed by atoms with van der Waals surface area (Å²) in [6.07, 6.45) is 17.2. The molecular weight excluding hydrogens is 955 g/mol. The smallest absolute Gasteiger partial charge is 0.0708 e. The Morgan fingerprint density at radius 3 is 1.38 bits per heavy atom. The first-order valence-corrected chi connectivity index (χ1v) is 30.4. The fraction of sp³-hybridized carbons (Fsp3) is 0.408. The van der Waals surface area contributed by atoms with Gasteiger partial charge in [0.05, 0.1) is 17.1 Å². The van der Waals surface area contributed by atoms with Crippen LogP contribution < -0.4 is 0 Å². The van der Waals surface area contributed by atoms with Crippen LogP contribution in [0.2, 0.25) is 0 Å². The first-order chi connectivity index (χ1) is 39.9. The van der Waals surface area contributed by atoms with Crippen LogP contribution in [-0.4, -0.2) is 15.0 Å². The molecule has 79 heavy (non-hydrogen) atoms. The molecular formula is C76H83N3. The molecule has 3 aromatic heterocycles. The van der Waals surface area contributed by atoms with E-state index in [4.69, 9.17) is 15.0 Å². The van der Waals surface area contributed by atoms with E-state index in [-0.39, 0.29) is 5.56 Å². The lowest BCUT2D eigenvalue weighted by Gasteiger charge is -2.38. The summed E-state index contributed by atoms with van der Waals surface area (Å²) in [5, 5.41) is 0. The first-order valence-electron chi connectivity index (χ1n) is 32.4. The molecule has 3 nitrogen and oxygen atoms in total. The predicted molar refractivity (Wildman–Crippen MR) is 329 cm³/mol. The zero-order valence-corrected chi connectivity index (χ0v) is 47.8. The molecule has 8 aromatic rings. The summed E-state index contributed by atoms with van der Waals surface area (Å²) in [7, 11) is 0. The van der Waals surface area contributed by atoms with Crippen molar-refractivity contribution < 1.29 is 5.48 Å². The van der Waals surface area contributed by atoms with Crippen molar-refractivity contribution in [3.05, 3.63) is 219 Å². The van der Waals surface area contributed by atoms with Crippen molar-refractivity contribution >= 4 is 0 Å². The second-order valence-corrected chi connectivity index (χ2v) is 26.5. The Morgan fingerprint density at radius 2 is 0.886 bits per heavy atom. The first kappa shape index (κ1) is 47.4. The maximum Gasteiger partial charge on any atom is 0.0708 e. The van der Waals surface area contributed by atoms with Crippen LogP contribution in [0.1, 0.15) is 215 Å². The Bertz CT molecular complexity index is 3480. The molecule has 3 saturated carbocycles. The fourth-order valence-corrected chi connectivity index (χ4v) is 15.3. The van der Waals surface area contributed by atoms with Crippen molar-refractivity contribution in [1.82, 2.24) is 15.0 Å². The van der Waals surface area contributed by atoms with E-state index in [0.29, 0.717) is 59.5 Å². The number of pyridine rings is 3. The summed E-state index contributed by atoms with van der Waals surface area (Å²) >= 11 is 0. The minimum atomic E-state index is -2.51. The topological polar surface area (TPSA) is 38.7 Å². The number of aromatic nitrogens is 3. The summed E-state index contributed by atoms with van der Waals surface area (Å²) in [6.45, 7) is 13.7. The second-order valence-electron chi connectivity index (χ2n) is 26.5. The van der Waals surface area contributed by atoms with Crippen LogP contribution in [0, 0.1) is 11.8 Å². The Kier molecular flexibility index (Phi) is 12.9. The Morgan fingerprint density at radius 1 is 0.418 bits per heavy atom. The van der Waals surface area contributed by atoms with Gasteiger partial charge in [-0.3, -0.25) is 15.0 Å². The molecule has 0 amide bonds. The molecule has 0 saturated heterocycles. The lowest BCUT2D eigenvalue weighted by molar-refractivity contribution is 0.259. The number of fused-ring (bicyclic) bond motifs is 4. The molecule has 3 fully saturated rings. The van der Waals surface area contributed by atoms with Crippen molar-refractivity contribution in [2.45, 2.75) is 185 Å². The van der Waals surface area contributed by atoms with Gasteiger partial charge in [-0.2, -0.15) is 0 Å². The van der Waals surface area contributed by atoms with Crippen LogP contribution in [0.5, 0.6) is 0 Å². The highest BCUT2D eigenvalue weighted by molar-refractivity contribution is 5.74. The van der Waals surface area contributed by atoms with Crippen molar-refractivity contribution in [3.8, 4) is 44.9 Å². The van der Waals surface area contributed by atoms with Crippen molar-refractivity contribution in [3.63, 3.8) is 0 Å². The number of aryl methyl sites for hydroxylation is 2. The molecule has 15 rings (SSSR count). The highest BCUT2D eigenvalue weighted by Crippen LogP contribution is 2.52. The van der Waals surface area contributed by atoms with E-state index in [1.54, 1.807) is 17.3 Å². The number of nitrogens with zero attached hydrogens (tertiary/aromatic N) is 3. The van der Waals surface area contributed by atoms with Gasteiger partial charge in [0.25, 0.3) is 0 Å². The summed E-state index contributed by atoms with van der Waals surface area (Å²) < 4.78 is 40.7. The summed E-state index contributed by atoms with van der Waals surface area (Å²) in [5.41, 5.74) is 18.8. The number of rotatable bonds is 15. The van der Waals surface area contributed by atoms with Gasteiger partial charge in [0.1, 0.15) is 0 Å². The van der Waals surface area contributed by atoms with E-state index < -0.39 is 23.6 Å². The van der Waals surface area contributed by atoms with Crippen molar-refractivity contribution in [2.75, 3.05) is 0 Å². The minimum Gasteiger partial charge on any atom is -0.256 e. The van der Waals surface area contributed by atoms with Crippen molar-refractivity contribution in [2.24, 2.45) is 11.8 Å². The zero-order chi connectivity index (χ0) is 57.4. The fourth-order valence-electron chi connectivity index (χ4n) is 15.3. The quantitative estimate of drug-likeness (QED) is 0.103. The summed E-state index contributed by atoms with van der Waals surface area (Å²) in [4.78, 5) is 15.1. The third kappa shape index (κ3) is 10.7. The molecule has 402 valence electrons. The maximum absolute atomic E-state index is 10.2. The van der Waals surface area contributed by atoms with Crippen LogP contribution in [0.4, 0.5) is 0 Å². The molecule has 7 aliphatic rings. The molecule has 0 N–H and O–H groups in total. The summed E-state index contributed by atoms with van der Waals surface area (Å²) in [6, 6.07) is 49.7. The highest BCUT2D eigenvalue weighted by atomic mass is 14.7. The van der Waals surface area contributed by atoms with Gasteiger partial charge in [-0.1, -0.05) is 151 Å². The highest BCUT2D eigenvalue weighted by Gasteiger charge is 2.35. The van der Waals surface area contributed by atoms with Crippen molar-refractivity contribution in [1.29, 1.82) is 0 Å². The van der Waals surface area contributed by atoms with E-state index >= 15 is 0 Å². The lowest BCUT2D eigenvalue weighted by atomic mass is 9.67. The molecule has 0 radical (unpaired) electrons. The van der Waals surface area contributed by atoms with E-state index in [2.05, 4.69) is 133 Å². The predicted octanol–water partition coefficient (Wildman–Crippen LogP) is 19.8. The average molecular weight is 1040 g/mol. The second kappa shape index (κ2) is 21.6. The van der Waals surface area contributed by atoms with Gasteiger partial charge in [-0.15, -0.1) is 0 Å². The Hall–Kier alpha value is -6.45. The van der Waals surface area contributed by atoms with Gasteiger partial charge in [0.2, 0.25) is 0 Å². The van der Waals surface area contributed by atoms with Crippen LogP contribution in [-0.2, 0) is 36.4 Å². The molecule has 3 heteroatoms. The average Bonchev–Trinajstić information content (AvgIpc) is 3.56. The van der Waals surface area contributed by atoms with E-state index in [0.717, 1.165) is 56.4 Å². The van der Waals surface area contributed by atoms with Gasteiger partial charge in [-0.25, -0.2) is 0 Å². The van der Waals surface area contributed by atoms with Gasteiger partial charge < -0.3 is 0 Å². The molecule has 3 heterocycles. The van der Waals surface area contributed by atoms with Gasteiger partial charge in [-0.05, 0) is 258 Å². The molecule has 4 bridgehead atoms. The zero-order valence-electron chi connectivity index (χ0n) is 51.8. The SMILES string of the molecule is [2H]C([2H])(c1cc(CC(C)(C)c2ccc(-c3ccc4c(c3)C3CCC4CC3)nc2)cc(CC(C)(C)c2ccc(-c3ccc4c(c3)C3CCC4CC3)nc2)c1)C([2H])([2H])c1cnc(-c2ccccc2)cc1-c1ccc(C2CCC(C(C)C)CC2)cc1. The standard InChI is InChI=1S/C76H83N3/c1-49(2)53-14-16-54(17-15-53)55-18-20-58(21-19-55)69-43-74(61-10-8-7-9-11-61)77-46-64(69)13-12-50-38-51(44-75(3,4)65-32-36-72(78-47-65)62-30-34-67-56-22-26-59(27-23-56)70(67)41-62)40-52(39-50)45-76(5,6)66-33-37-73(79-48-66)63-31-35-68-57-24-28-60(29-25-57)71(68)42-63/h7-11,18-21,30-43,46-49,53-54,56-57,59-60H,12-17,22-29,44-45H2,1-6H3/i12D2,13D2. The van der Waals surface area contributed by atoms with Crippen LogP contribution >= 0.6 is 0 Å². The minimum absolute atomic E-state index is 0.232. The normalized spacial score (nSPS) is 22.6. The molecule has 5 aromatic carbocycles. The summed E-state index contributed by atoms with van der Waals surface area (Å²) in [5.74, 6) is 4.72. The molecule has 0 spiro atoms. The van der Waals surface area contributed by atoms with Gasteiger partial charge >= 0.3 is 0 Å². The molecule has 0 atom stereocenters. The maximum atomic E-state index is 10.2. The van der Waals surface area contributed by atoms with Gasteiger partial charge in [0, 0.05) is 40.8 Å². The number of hydrogen-bond donors (Lipinski definition) is 0. The van der Waals surface area contributed by atoms with Crippen LogP contribution in [0.25, 0.3) is 44.9 Å². The van der Waals surface area contributed by atoms with Crippen LogP contribution in [0.15, 0.2) is 158 Å². The third-order valence-corrected chi connectivity index (χ3v) is 20.1. The molecule has 7 aliphatic carbocycles. The van der Waals surface area contributed by atoms with E-state index in [9.17, 15) is 5.48 Å². The largest absolute Gasteiger partial charge is 0.256 e. The van der Waals surface area contributed by atoms with Crippen LogP contribution in [0.3, 0.4) is 0 Å². The Balaban J connectivity index is 0.839. The van der Waals surface area contributed by atoms with E-state index in [1.165, 1.54) is 105 Å². The van der Waals surface area contributed by atoms with Gasteiger partial charge in [0.15, 0.2) is 0 Å². The number of hydrogen-bond acceptors (Lipinski definition) is 3.